The summed E-state index contributed by atoms with van der Waals surface area (Å²) in [6, 6.07) is 3.47. The van der Waals surface area contributed by atoms with E-state index in [1.54, 1.807) is 12.1 Å². The van der Waals surface area contributed by atoms with Gasteiger partial charge in [-0.05, 0) is 12.1 Å². The van der Waals surface area contributed by atoms with Crippen LogP contribution in [0.1, 0.15) is 11.9 Å². The summed E-state index contributed by atoms with van der Waals surface area (Å²) < 4.78 is 5.02. The zero-order chi connectivity index (χ0) is 9.90. The van der Waals surface area contributed by atoms with Gasteiger partial charge in [-0.1, -0.05) is 25.6 Å². The van der Waals surface area contributed by atoms with Crippen LogP contribution in [0.5, 0.6) is 0 Å². The molecule has 0 saturated carbocycles. The molecule has 1 aromatic heterocycles. The summed E-state index contributed by atoms with van der Waals surface area (Å²) in [5.41, 5.74) is 3.09. The highest BCUT2D eigenvalue weighted by Gasteiger charge is 2.10. The number of aliphatic hydroxyl groups is 1. The zero-order valence-corrected chi connectivity index (χ0v) is 9.16. The van der Waals surface area contributed by atoms with Crippen LogP contribution in [-0.2, 0) is 0 Å². The molecule has 0 aliphatic rings. The Labute approximate surface area is 79.6 Å². The van der Waals surface area contributed by atoms with Gasteiger partial charge in [0.2, 0.25) is 0 Å². The van der Waals surface area contributed by atoms with Crippen LogP contribution < -0.4 is 0 Å². The van der Waals surface area contributed by atoms with E-state index in [9.17, 15) is 5.11 Å². The second kappa shape index (κ2) is 3.82. The van der Waals surface area contributed by atoms with Gasteiger partial charge in [-0.2, -0.15) is 0 Å². The van der Waals surface area contributed by atoms with Gasteiger partial charge < -0.3 is 9.52 Å². The molecule has 0 radical (unpaired) electrons. The summed E-state index contributed by atoms with van der Waals surface area (Å²) in [7, 11) is -1.40. The van der Waals surface area contributed by atoms with Crippen LogP contribution in [0.2, 0.25) is 19.6 Å². The fourth-order valence-corrected chi connectivity index (χ4v) is 1.37. The van der Waals surface area contributed by atoms with Crippen molar-refractivity contribution in [1.29, 1.82) is 0 Å². The van der Waals surface area contributed by atoms with E-state index in [4.69, 9.17) is 4.42 Å². The first kappa shape index (κ1) is 10.1. The minimum Gasteiger partial charge on any atom is -0.466 e. The maximum atomic E-state index is 9.53. The van der Waals surface area contributed by atoms with Crippen LogP contribution in [-0.4, -0.2) is 13.2 Å². The molecule has 1 heterocycles. The van der Waals surface area contributed by atoms with E-state index in [0.717, 1.165) is 0 Å². The van der Waals surface area contributed by atoms with E-state index in [1.807, 2.05) is 0 Å². The molecule has 70 valence electrons. The molecule has 0 amide bonds. The van der Waals surface area contributed by atoms with Crippen molar-refractivity contribution in [3.05, 3.63) is 24.2 Å². The van der Waals surface area contributed by atoms with Crippen molar-refractivity contribution in [3.8, 4) is 11.5 Å². The fourth-order valence-electron chi connectivity index (χ4n) is 0.803. The van der Waals surface area contributed by atoms with Gasteiger partial charge in [0, 0.05) is 0 Å². The standard InChI is InChI=1S/C10H14O2Si/c1-13(2,3)8-6-9(11)10-5-4-7-12-10/h4-5,7,9,11H,1-3H3/t9-/m1/s1. The second-order valence-electron chi connectivity index (χ2n) is 3.94. The number of hydrogen-bond donors (Lipinski definition) is 1. The van der Waals surface area contributed by atoms with Crippen LogP contribution in [0.3, 0.4) is 0 Å². The Bertz CT molecular complexity index is 311. The minimum atomic E-state index is -1.40. The fraction of sp³-hybridized carbons (Fsp3) is 0.400. The Morgan fingerprint density at radius 1 is 1.46 bits per heavy atom. The Kier molecular flexibility index (Phi) is 2.97. The summed E-state index contributed by atoms with van der Waals surface area (Å²) >= 11 is 0. The molecule has 0 aliphatic heterocycles. The molecular formula is C10H14O2Si. The third kappa shape index (κ3) is 3.49. The molecule has 1 N–H and O–H groups in total. The first-order valence-corrected chi connectivity index (χ1v) is 7.73. The van der Waals surface area contributed by atoms with Gasteiger partial charge in [0.05, 0.1) is 6.26 Å². The van der Waals surface area contributed by atoms with Crippen molar-refractivity contribution in [1.82, 2.24) is 0 Å². The second-order valence-corrected chi connectivity index (χ2v) is 8.69. The van der Waals surface area contributed by atoms with Crippen molar-refractivity contribution >= 4 is 8.07 Å². The first-order valence-electron chi connectivity index (χ1n) is 4.23. The summed E-state index contributed by atoms with van der Waals surface area (Å²) in [4.78, 5) is 0. The molecule has 0 unspecified atom stereocenters. The third-order valence-corrected chi connectivity index (χ3v) is 2.29. The van der Waals surface area contributed by atoms with Gasteiger partial charge in [0.25, 0.3) is 0 Å². The van der Waals surface area contributed by atoms with Gasteiger partial charge in [-0.3, -0.25) is 0 Å². The predicted octanol–water partition coefficient (Wildman–Crippen LogP) is 2.19. The first-order chi connectivity index (χ1) is 5.99. The average Bonchev–Trinajstić information content (AvgIpc) is 2.50. The predicted molar refractivity (Wildman–Crippen MR) is 54.8 cm³/mol. The molecule has 0 spiro atoms. The third-order valence-electron chi connectivity index (χ3n) is 1.40. The lowest BCUT2D eigenvalue weighted by Gasteiger charge is -2.04. The maximum absolute atomic E-state index is 9.53. The van der Waals surface area contributed by atoms with Gasteiger partial charge in [0.1, 0.15) is 13.8 Å². The normalized spacial score (nSPS) is 13.2. The Hall–Kier alpha value is -0.983. The molecule has 1 atom stereocenters. The van der Waals surface area contributed by atoms with Crippen LogP contribution in [0.4, 0.5) is 0 Å². The van der Waals surface area contributed by atoms with Gasteiger partial charge in [-0.15, -0.1) is 5.54 Å². The SMILES string of the molecule is C[Si](C)(C)C#C[C@@H](O)c1ccco1. The van der Waals surface area contributed by atoms with Crippen molar-refractivity contribution in [3.63, 3.8) is 0 Å². The average molecular weight is 194 g/mol. The lowest BCUT2D eigenvalue weighted by atomic mass is 10.3. The molecule has 0 bridgehead atoms. The van der Waals surface area contributed by atoms with Crippen LogP contribution in [0.15, 0.2) is 22.8 Å². The van der Waals surface area contributed by atoms with Crippen molar-refractivity contribution in [2.45, 2.75) is 25.7 Å². The molecule has 2 nitrogen and oxygen atoms in total. The molecule has 0 aromatic carbocycles. The molecule has 3 heteroatoms. The molecule has 0 aliphatic carbocycles. The Morgan fingerprint density at radius 2 is 2.15 bits per heavy atom. The maximum Gasteiger partial charge on any atom is 0.172 e. The van der Waals surface area contributed by atoms with Crippen molar-refractivity contribution in [2.24, 2.45) is 0 Å². The highest BCUT2D eigenvalue weighted by atomic mass is 28.3. The highest BCUT2D eigenvalue weighted by molar-refractivity contribution is 6.83. The van der Waals surface area contributed by atoms with E-state index in [1.165, 1.54) is 6.26 Å². The molecule has 13 heavy (non-hydrogen) atoms. The van der Waals surface area contributed by atoms with Crippen molar-refractivity contribution < 1.29 is 9.52 Å². The van der Waals surface area contributed by atoms with Gasteiger partial charge >= 0.3 is 0 Å². The van der Waals surface area contributed by atoms with E-state index in [-0.39, 0.29) is 0 Å². The van der Waals surface area contributed by atoms with Gasteiger partial charge in [0.15, 0.2) is 6.10 Å². The van der Waals surface area contributed by atoms with Crippen molar-refractivity contribution in [2.75, 3.05) is 0 Å². The van der Waals surface area contributed by atoms with Gasteiger partial charge in [-0.25, -0.2) is 0 Å². The lowest BCUT2D eigenvalue weighted by molar-refractivity contribution is 0.206. The number of aliphatic hydroxyl groups excluding tert-OH is 1. The molecule has 1 aromatic rings. The Balaban J connectivity index is 2.69. The number of furan rings is 1. The largest absolute Gasteiger partial charge is 0.466 e. The number of rotatable bonds is 1. The molecule has 1 rings (SSSR count). The summed E-state index contributed by atoms with van der Waals surface area (Å²) in [5, 5.41) is 9.53. The van der Waals surface area contributed by atoms with E-state index in [0.29, 0.717) is 5.76 Å². The smallest absolute Gasteiger partial charge is 0.172 e. The highest BCUT2D eigenvalue weighted by Crippen LogP contribution is 2.11. The van der Waals surface area contributed by atoms with Crippen LogP contribution >= 0.6 is 0 Å². The Morgan fingerprint density at radius 3 is 2.62 bits per heavy atom. The molecule has 0 saturated heterocycles. The summed E-state index contributed by atoms with van der Waals surface area (Å²) in [6.45, 7) is 6.40. The molecular weight excluding hydrogens is 180 g/mol. The van der Waals surface area contributed by atoms with E-state index >= 15 is 0 Å². The minimum absolute atomic E-state index is 0.519. The quantitative estimate of drug-likeness (QED) is 0.549. The summed E-state index contributed by atoms with van der Waals surface area (Å²) in [5.74, 6) is 3.32. The monoisotopic (exact) mass is 194 g/mol. The number of hydrogen-bond acceptors (Lipinski definition) is 2. The summed E-state index contributed by atoms with van der Waals surface area (Å²) in [6.07, 6.45) is 0.760. The van der Waals surface area contributed by atoms with E-state index < -0.39 is 14.2 Å². The topological polar surface area (TPSA) is 33.4 Å². The van der Waals surface area contributed by atoms with E-state index in [2.05, 4.69) is 31.1 Å². The van der Waals surface area contributed by atoms with Crippen LogP contribution in [0, 0.1) is 11.5 Å². The van der Waals surface area contributed by atoms with Crippen LogP contribution in [0.25, 0.3) is 0 Å². The molecule has 0 fully saturated rings. The zero-order valence-electron chi connectivity index (χ0n) is 8.16. The lowest BCUT2D eigenvalue weighted by Crippen LogP contribution is -2.16.